The second-order valence-corrected chi connectivity index (χ2v) is 4.85. The van der Waals surface area contributed by atoms with Crippen LogP contribution in [0.5, 0.6) is 0 Å². The Hall–Kier alpha value is -0.980. The number of amides is 1. The van der Waals surface area contributed by atoms with Crippen molar-refractivity contribution in [3.63, 3.8) is 0 Å². The van der Waals surface area contributed by atoms with E-state index in [9.17, 15) is 4.79 Å². The van der Waals surface area contributed by atoms with Gasteiger partial charge in [-0.15, -0.1) is 0 Å². The summed E-state index contributed by atoms with van der Waals surface area (Å²) in [5.41, 5.74) is 6.97. The molecule has 98 valence electrons. The molecule has 0 aliphatic carbocycles. The maximum atomic E-state index is 11.6. The lowest BCUT2D eigenvalue weighted by Gasteiger charge is -2.09. The smallest absolute Gasteiger partial charge is 0.226 e. The lowest BCUT2D eigenvalue weighted by atomic mass is 10.2. The first kappa shape index (κ1) is 15.1. The molecule has 0 aliphatic rings. The summed E-state index contributed by atoms with van der Waals surface area (Å²) in [5.74, 6) is -0.0905. The van der Waals surface area contributed by atoms with Crippen molar-refractivity contribution in [2.45, 2.75) is 13.3 Å². The zero-order valence-electron chi connectivity index (χ0n) is 10.0. The number of benzene rings is 1. The van der Waals surface area contributed by atoms with Gasteiger partial charge in [0.05, 0.1) is 18.7 Å². The summed E-state index contributed by atoms with van der Waals surface area (Å²) in [6.45, 7) is 2.92. The Morgan fingerprint density at radius 2 is 2.28 bits per heavy atom. The molecule has 0 aromatic heterocycles. The van der Waals surface area contributed by atoms with Crippen LogP contribution in [0.3, 0.4) is 0 Å². The molecule has 0 saturated carbocycles. The van der Waals surface area contributed by atoms with Crippen molar-refractivity contribution < 1.29 is 9.53 Å². The molecule has 3 N–H and O–H groups in total. The minimum atomic E-state index is -0.0905. The van der Waals surface area contributed by atoms with E-state index in [1.807, 2.05) is 6.92 Å². The van der Waals surface area contributed by atoms with Crippen molar-refractivity contribution in [3.05, 3.63) is 28.2 Å². The van der Waals surface area contributed by atoms with Gasteiger partial charge in [-0.3, -0.25) is 4.79 Å². The van der Waals surface area contributed by atoms with Crippen molar-refractivity contribution in [2.75, 3.05) is 18.5 Å². The van der Waals surface area contributed by atoms with Crippen molar-refractivity contribution in [1.29, 1.82) is 0 Å². The lowest BCUT2D eigenvalue weighted by molar-refractivity contribution is -0.117. The molecule has 0 aliphatic heterocycles. The summed E-state index contributed by atoms with van der Waals surface area (Å²) in [6.07, 6.45) is 0.331. The van der Waals surface area contributed by atoms with Gasteiger partial charge < -0.3 is 15.8 Å². The van der Waals surface area contributed by atoms with Gasteiger partial charge >= 0.3 is 0 Å². The van der Waals surface area contributed by atoms with E-state index >= 15 is 0 Å². The van der Waals surface area contributed by atoms with Crippen LogP contribution in [-0.4, -0.2) is 24.1 Å². The summed E-state index contributed by atoms with van der Waals surface area (Å²) >= 11 is 8.24. The number of halogens is 1. The van der Waals surface area contributed by atoms with E-state index in [1.54, 1.807) is 18.2 Å². The SMILES string of the molecule is CCOCCC(=O)Nc1ccc(C(N)=S)cc1Br. The van der Waals surface area contributed by atoms with E-state index in [4.69, 9.17) is 22.7 Å². The molecule has 0 heterocycles. The minimum Gasteiger partial charge on any atom is -0.389 e. The summed E-state index contributed by atoms with van der Waals surface area (Å²) < 4.78 is 5.86. The van der Waals surface area contributed by atoms with Crippen molar-refractivity contribution in [2.24, 2.45) is 5.73 Å². The fourth-order valence-electron chi connectivity index (χ4n) is 1.29. The van der Waals surface area contributed by atoms with Crippen LogP contribution in [0, 0.1) is 0 Å². The summed E-state index contributed by atoms with van der Waals surface area (Å²) in [5, 5.41) is 2.79. The van der Waals surface area contributed by atoms with E-state index in [0.29, 0.717) is 30.3 Å². The van der Waals surface area contributed by atoms with Crippen molar-refractivity contribution >= 4 is 44.7 Å². The molecule has 0 spiro atoms. The first-order valence-electron chi connectivity index (χ1n) is 5.51. The van der Waals surface area contributed by atoms with E-state index < -0.39 is 0 Å². The number of carbonyl (C=O) groups is 1. The molecule has 1 aromatic rings. The Morgan fingerprint density at radius 1 is 1.56 bits per heavy atom. The van der Waals surface area contributed by atoms with Gasteiger partial charge in [-0.2, -0.15) is 0 Å². The third-order valence-corrected chi connectivity index (χ3v) is 3.10. The number of rotatable bonds is 6. The largest absolute Gasteiger partial charge is 0.389 e. The predicted octanol–water partition coefficient (Wildman–Crippen LogP) is 2.45. The number of anilines is 1. The van der Waals surface area contributed by atoms with Crippen LogP contribution in [0.4, 0.5) is 5.69 Å². The third kappa shape index (κ3) is 4.72. The Labute approximate surface area is 120 Å². The molecule has 0 radical (unpaired) electrons. The normalized spacial score (nSPS) is 10.1. The number of nitrogens with two attached hydrogens (primary N) is 1. The minimum absolute atomic E-state index is 0.0905. The monoisotopic (exact) mass is 330 g/mol. The third-order valence-electron chi connectivity index (χ3n) is 2.21. The highest BCUT2D eigenvalue weighted by Crippen LogP contribution is 2.23. The Kier molecular flexibility index (Phi) is 6.24. The van der Waals surface area contributed by atoms with Crippen molar-refractivity contribution in [3.8, 4) is 0 Å². The number of nitrogens with one attached hydrogen (secondary N) is 1. The predicted molar refractivity (Wildman–Crippen MR) is 79.8 cm³/mol. The maximum Gasteiger partial charge on any atom is 0.226 e. The van der Waals surface area contributed by atoms with Crippen molar-refractivity contribution in [1.82, 2.24) is 0 Å². The Bertz CT molecular complexity index is 452. The number of carbonyl (C=O) groups excluding carboxylic acids is 1. The number of ether oxygens (including phenoxy) is 1. The molecule has 1 aromatic carbocycles. The van der Waals surface area contributed by atoms with Gasteiger partial charge in [0, 0.05) is 16.6 Å². The van der Waals surface area contributed by atoms with Crippen LogP contribution in [0.25, 0.3) is 0 Å². The quantitative estimate of drug-likeness (QED) is 0.621. The standard InChI is InChI=1S/C12H15BrN2O2S/c1-2-17-6-5-11(16)15-10-4-3-8(12(14)18)7-9(10)13/h3-4,7H,2,5-6H2,1H3,(H2,14,18)(H,15,16). The van der Waals surface area contributed by atoms with Crippen LogP contribution < -0.4 is 11.1 Å². The second kappa shape index (κ2) is 7.45. The van der Waals surface area contributed by atoms with Crippen LogP contribution in [0.2, 0.25) is 0 Å². The molecule has 0 atom stereocenters. The second-order valence-electron chi connectivity index (χ2n) is 3.55. The molecule has 0 saturated heterocycles. The highest BCUT2D eigenvalue weighted by Gasteiger charge is 2.07. The molecule has 0 unspecified atom stereocenters. The molecule has 0 bridgehead atoms. The van der Waals surface area contributed by atoms with Gasteiger partial charge in [-0.05, 0) is 41.1 Å². The Balaban J connectivity index is 2.62. The first-order chi connectivity index (χ1) is 8.54. The molecular formula is C12H15BrN2O2S. The average Bonchev–Trinajstić information content (AvgIpc) is 2.32. The van der Waals surface area contributed by atoms with Gasteiger partial charge in [0.15, 0.2) is 0 Å². The van der Waals surface area contributed by atoms with Crippen LogP contribution in [-0.2, 0) is 9.53 Å². The molecule has 0 fully saturated rings. The summed E-state index contributed by atoms with van der Waals surface area (Å²) in [4.78, 5) is 11.9. The summed E-state index contributed by atoms with van der Waals surface area (Å²) in [7, 11) is 0. The molecule has 1 amide bonds. The maximum absolute atomic E-state index is 11.6. The van der Waals surface area contributed by atoms with E-state index in [2.05, 4.69) is 21.2 Å². The van der Waals surface area contributed by atoms with Crippen LogP contribution in [0.1, 0.15) is 18.9 Å². The van der Waals surface area contributed by atoms with Gasteiger partial charge in [-0.1, -0.05) is 12.2 Å². The highest BCUT2D eigenvalue weighted by atomic mass is 79.9. The summed E-state index contributed by atoms with van der Waals surface area (Å²) in [6, 6.07) is 5.31. The molecule has 6 heteroatoms. The zero-order chi connectivity index (χ0) is 13.5. The fourth-order valence-corrected chi connectivity index (χ4v) is 1.90. The molecule has 4 nitrogen and oxygen atoms in total. The van der Waals surface area contributed by atoms with Gasteiger partial charge in [-0.25, -0.2) is 0 Å². The molecule has 1 rings (SSSR count). The topological polar surface area (TPSA) is 64.3 Å². The number of hydrogen-bond donors (Lipinski definition) is 2. The highest BCUT2D eigenvalue weighted by molar-refractivity contribution is 9.10. The average molecular weight is 331 g/mol. The van der Waals surface area contributed by atoms with E-state index in [-0.39, 0.29) is 5.91 Å². The van der Waals surface area contributed by atoms with Crippen LogP contribution >= 0.6 is 28.1 Å². The van der Waals surface area contributed by atoms with E-state index in [0.717, 1.165) is 10.0 Å². The van der Waals surface area contributed by atoms with Crippen LogP contribution in [0.15, 0.2) is 22.7 Å². The van der Waals surface area contributed by atoms with Gasteiger partial charge in [0.2, 0.25) is 5.91 Å². The lowest BCUT2D eigenvalue weighted by Crippen LogP contribution is -2.15. The Morgan fingerprint density at radius 3 is 2.83 bits per heavy atom. The number of hydrogen-bond acceptors (Lipinski definition) is 3. The zero-order valence-corrected chi connectivity index (χ0v) is 12.4. The van der Waals surface area contributed by atoms with Gasteiger partial charge in [0.1, 0.15) is 4.99 Å². The number of thiocarbonyl (C=S) groups is 1. The van der Waals surface area contributed by atoms with Gasteiger partial charge in [0.25, 0.3) is 0 Å². The van der Waals surface area contributed by atoms with E-state index in [1.165, 1.54) is 0 Å². The fraction of sp³-hybridized carbons (Fsp3) is 0.333. The first-order valence-corrected chi connectivity index (χ1v) is 6.71. The molecule has 18 heavy (non-hydrogen) atoms. The molecular weight excluding hydrogens is 316 g/mol.